The van der Waals surface area contributed by atoms with Crippen molar-refractivity contribution < 1.29 is 0 Å². The number of aryl methyl sites for hydroxylation is 5. The largest absolute Gasteiger partial charge is 0.350 e. The van der Waals surface area contributed by atoms with Gasteiger partial charge in [-0.2, -0.15) is 0 Å². The molecule has 3 aliphatic rings. The van der Waals surface area contributed by atoms with Gasteiger partial charge in [0.2, 0.25) is 0 Å². The normalized spacial score (nSPS) is 15.1. The molecule has 0 saturated carbocycles. The molecule has 0 amide bonds. The van der Waals surface area contributed by atoms with Crippen molar-refractivity contribution in [3.63, 3.8) is 0 Å². The van der Waals surface area contributed by atoms with Gasteiger partial charge in [-0.3, -0.25) is 0 Å². The minimum atomic E-state index is 0.899. The number of allylic oxidation sites excluding steroid dienone is 5. The Hall–Kier alpha value is -6.52. The molecular formula is C50H42N4. The van der Waals surface area contributed by atoms with Crippen molar-refractivity contribution in [1.82, 2.24) is 9.13 Å². The summed E-state index contributed by atoms with van der Waals surface area (Å²) in [6.45, 7) is 8.54. The van der Waals surface area contributed by atoms with Crippen LogP contribution in [0.2, 0.25) is 0 Å². The van der Waals surface area contributed by atoms with Gasteiger partial charge in [0.15, 0.2) is 0 Å². The summed E-state index contributed by atoms with van der Waals surface area (Å²) in [5.41, 5.74) is 19.7. The molecule has 262 valence electrons. The van der Waals surface area contributed by atoms with Crippen molar-refractivity contribution in [3.8, 4) is 0 Å². The van der Waals surface area contributed by atoms with Gasteiger partial charge in [0.05, 0.1) is 39.2 Å². The van der Waals surface area contributed by atoms with E-state index in [2.05, 4.69) is 197 Å². The summed E-state index contributed by atoms with van der Waals surface area (Å²) in [6, 6.07) is 42.1. The van der Waals surface area contributed by atoms with Gasteiger partial charge >= 0.3 is 0 Å². The molecule has 4 nitrogen and oxygen atoms in total. The second-order valence-electron chi connectivity index (χ2n) is 14.8. The number of hydrogen-bond acceptors (Lipinski definition) is 2. The van der Waals surface area contributed by atoms with Gasteiger partial charge in [0.1, 0.15) is 0 Å². The molecule has 0 unspecified atom stereocenters. The lowest BCUT2D eigenvalue weighted by Crippen LogP contribution is -2.29. The van der Waals surface area contributed by atoms with Crippen LogP contribution in [-0.2, 0) is 14.1 Å². The molecule has 8 bridgehead atoms. The molecule has 4 aromatic carbocycles. The number of aliphatic imine (C=N–C) groups is 2. The third kappa shape index (κ3) is 5.81. The summed E-state index contributed by atoms with van der Waals surface area (Å²) >= 11 is 0. The van der Waals surface area contributed by atoms with Crippen LogP contribution < -0.4 is 10.7 Å². The van der Waals surface area contributed by atoms with E-state index in [0.717, 1.165) is 83.7 Å². The average Bonchev–Trinajstić information content (AvgIpc) is 3.99. The Morgan fingerprint density at radius 1 is 0.389 bits per heavy atom. The molecule has 0 radical (unpaired) electrons. The molecule has 3 aliphatic heterocycles. The van der Waals surface area contributed by atoms with Crippen LogP contribution in [-0.4, -0.2) is 20.6 Å². The third-order valence-corrected chi connectivity index (χ3v) is 10.8. The zero-order valence-corrected chi connectivity index (χ0v) is 31.6. The second kappa shape index (κ2) is 13.2. The van der Waals surface area contributed by atoms with Gasteiger partial charge in [-0.15, -0.1) is 0 Å². The summed E-state index contributed by atoms with van der Waals surface area (Å²) in [5, 5.41) is 2.23. The zero-order valence-electron chi connectivity index (χ0n) is 31.6. The Bertz CT molecular complexity index is 2800. The lowest BCUT2D eigenvalue weighted by molar-refractivity contribution is 0.847. The number of benzene rings is 4. The predicted octanol–water partition coefficient (Wildman–Crippen LogP) is 9.25. The zero-order chi connectivity index (χ0) is 37.1. The van der Waals surface area contributed by atoms with Crippen molar-refractivity contribution >= 4 is 33.7 Å². The van der Waals surface area contributed by atoms with Gasteiger partial charge in [-0.05, 0) is 92.5 Å². The van der Waals surface area contributed by atoms with Crippen molar-refractivity contribution in [3.05, 3.63) is 224 Å². The van der Waals surface area contributed by atoms with E-state index in [1.54, 1.807) is 0 Å². The second-order valence-corrected chi connectivity index (χ2v) is 14.8. The van der Waals surface area contributed by atoms with Crippen LogP contribution in [0.1, 0.15) is 55.8 Å². The Kier molecular flexibility index (Phi) is 8.12. The maximum absolute atomic E-state index is 5.46. The van der Waals surface area contributed by atoms with E-state index in [-0.39, 0.29) is 0 Å². The van der Waals surface area contributed by atoms with E-state index in [1.807, 2.05) is 0 Å². The van der Waals surface area contributed by atoms with Crippen LogP contribution in [0, 0.1) is 27.7 Å². The molecule has 9 rings (SSSR count). The third-order valence-electron chi connectivity index (χ3n) is 10.8. The predicted molar refractivity (Wildman–Crippen MR) is 225 cm³/mol. The lowest BCUT2D eigenvalue weighted by atomic mass is 9.95. The lowest BCUT2D eigenvalue weighted by Gasteiger charge is -2.13. The fraction of sp³-hybridized carbons (Fsp3) is 0.120. The van der Waals surface area contributed by atoms with Crippen LogP contribution in [0.15, 0.2) is 167 Å². The Morgan fingerprint density at radius 3 is 1.28 bits per heavy atom. The first-order valence-corrected chi connectivity index (χ1v) is 18.6. The van der Waals surface area contributed by atoms with Crippen molar-refractivity contribution in [2.24, 2.45) is 24.1 Å². The SMILES string of the molecule is Cc1ccc(C2=C3C=CC(=N3)C(c3ccc(C)cc3)=c3ccc(n3C)=C(c3ccc(C)cc3)c3cc(cn3C)C(c3ccc(C)cc3)=C3C=CC2=N3)cc1. The van der Waals surface area contributed by atoms with Gasteiger partial charge in [-0.1, -0.05) is 119 Å². The molecule has 0 spiro atoms. The smallest absolute Gasteiger partial charge is 0.0738 e. The Balaban J connectivity index is 1.45. The minimum absolute atomic E-state index is 0.899. The van der Waals surface area contributed by atoms with E-state index >= 15 is 0 Å². The number of fused-ring (bicyclic) bond motifs is 6. The Labute approximate surface area is 317 Å². The molecule has 0 aliphatic carbocycles. The molecule has 0 saturated heterocycles. The number of aromatic nitrogens is 2. The molecule has 0 fully saturated rings. The van der Waals surface area contributed by atoms with Crippen LogP contribution in [0.25, 0.3) is 22.3 Å². The van der Waals surface area contributed by atoms with E-state index in [1.165, 1.54) is 27.8 Å². The Morgan fingerprint density at radius 2 is 0.778 bits per heavy atom. The van der Waals surface area contributed by atoms with Gasteiger partial charge in [0.25, 0.3) is 0 Å². The van der Waals surface area contributed by atoms with E-state index in [4.69, 9.17) is 9.98 Å². The number of nitrogens with zero attached hydrogens (tertiary/aromatic N) is 4. The summed E-state index contributed by atoms with van der Waals surface area (Å²) in [4.78, 5) is 10.9. The van der Waals surface area contributed by atoms with Crippen molar-refractivity contribution in [1.29, 1.82) is 0 Å². The highest BCUT2D eigenvalue weighted by molar-refractivity contribution is 6.35. The molecule has 2 aromatic heterocycles. The maximum atomic E-state index is 5.46. The molecule has 0 atom stereocenters. The highest BCUT2D eigenvalue weighted by Gasteiger charge is 2.25. The van der Waals surface area contributed by atoms with Gasteiger partial charge in [0, 0.05) is 48.1 Å². The topological polar surface area (TPSA) is 34.6 Å². The minimum Gasteiger partial charge on any atom is -0.350 e. The highest BCUT2D eigenvalue weighted by atomic mass is 15.0. The van der Waals surface area contributed by atoms with Crippen molar-refractivity contribution in [2.75, 3.05) is 0 Å². The first-order valence-electron chi connectivity index (χ1n) is 18.6. The monoisotopic (exact) mass is 698 g/mol. The summed E-state index contributed by atoms with van der Waals surface area (Å²) in [7, 11) is 4.34. The molecule has 5 heterocycles. The summed E-state index contributed by atoms with van der Waals surface area (Å²) < 4.78 is 4.61. The highest BCUT2D eigenvalue weighted by Crippen LogP contribution is 2.37. The first-order chi connectivity index (χ1) is 26.2. The summed E-state index contributed by atoms with van der Waals surface area (Å²) in [6.07, 6.45) is 10.9. The number of hydrogen-bond donors (Lipinski definition) is 0. The number of rotatable bonds is 4. The van der Waals surface area contributed by atoms with E-state index in [9.17, 15) is 0 Å². The van der Waals surface area contributed by atoms with Crippen molar-refractivity contribution in [2.45, 2.75) is 27.7 Å². The molecular weight excluding hydrogens is 657 g/mol. The summed E-state index contributed by atoms with van der Waals surface area (Å²) in [5.74, 6) is 0. The van der Waals surface area contributed by atoms with E-state index < -0.39 is 0 Å². The molecule has 4 heteroatoms. The van der Waals surface area contributed by atoms with E-state index in [0.29, 0.717) is 0 Å². The molecule has 6 aromatic rings. The fourth-order valence-electron chi connectivity index (χ4n) is 7.87. The standard InChI is InChI=1S/C50H42N4/c1-31-7-15-35(16-8-31)47-39-29-46(53(5)30-39)50(38-21-13-34(4)14-22-38)45-28-27-44(54(45)6)49(37-19-11-33(3)12-20-37)43-26-25-42(52-43)48(41-24-23-40(47)51-41)36-17-9-32(2)10-18-36/h7-30H,1-6H3. The fourth-order valence-corrected chi connectivity index (χ4v) is 7.87. The average molecular weight is 699 g/mol. The molecule has 0 N–H and O–H groups in total. The van der Waals surface area contributed by atoms with Crippen LogP contribution in [0.5, 0.6) is 0 Å². The van der Waals surface area contributed by atoms with Gasteiger partial charge < -0.3 is 9.13 Å². The van der Waals surface area contributed by atoms with Crippen LogP contribution in [0.3, 0.4) is 0 Å². The van der Waals surface area contributed by atoms with Crippen LogP contribution >= 0.6 is 0 Å². The first kappa shape index (κ1) is 33.3. The maximum Gasteiger partial charge on any atom is 0.0738 e. The quantitative estimate of drug-likeness (QED) is 0.176. The van der Waals surface area contributed by atoms with Gasteiger partial charge in [-0.25, -0.2) is 9.98 Å². The van der Waals surface area contributed by atoms with Crippen LogP contribution in [0.4, 0.5) is 0 Å². The molecule has 54 heavy (non-hydrogen) atoms.